The molecule has 2 nitrogen and oxygen atoms in total. The molecule has 0 aromatic rings. The van der Waals surface area contributed by atoms with Crippen LogP contribution in [0, 0.1) is 11.3 Å². The van der Waals surface area contributed by atoms with Gasteiger partial charge in [-0.15, -0.1) is 0 Å². The fraction of sp³-hybridized carbons (Fsp3) is 0.688. The predicted octanol–water partition coefficient (Wildman–Crippen LogP) is 4.64. The van der Waals surface area contributed by atoms with Crippen LogP contribution in [0.1, 0.15) is 46.5 Å². The van der Waals surface area contributed by atoms with Gasteiger partial charge >= 0.3 is 5.97 Å². The summed E-state index contributed by atoms with van der Waals surface area (Å²) in [4.78, 5) is 11.7. The van der Waals surface area contributed by atoms with E-state index in [1.54, 1.807) is 6.08 Å². The van der Waals surface area contributed by atoms with Gasteiger partial charge in [-0.3, -0.25) is 0 Å². The first-order valence-electron chi connectivity index (χ1n) is 6.86. The zero-order chi connectivity index (χ0) is 14.6. The van der Waals surface area contributed by atoms with Crippen LogP contribution in [-0.2, 0) is 9.53 Å². The molecule has 1 aliphatic carbocycles. The van der Waals surface area contributed by atoms with E-state index in [9.17, 15) is 4.79 Å². The summed E-state index contributed by atoms with van der Waals surface area (Å²) >= 11 is 3.81. The Kier molecular flexibility index (Phi) is 5.84. The summed E-state index contributed by atoms with van der Waals surface area (Å²) in [6, 6.07) is 0. The van der Waals surface area contributed by atoms with Gasteiger partial charge in [-0.25, -0.2) is 4.79 Å². The second-order valence-electron chi connectivity index (χ2n) is 6.09. The maximum Gasteiger partial charge on any atom is 0.330 e. The van der Waals surface area contributed by atoms with Crippen molar-refractivity contribution in [1.82, 2.24) is 0 Å². The van der Waals surface area contributed by atoms with Crippen LogP contribution in [0.5, 0.6) is 0 Å². The van der Waals surface area contributed by atoms with Crippen LogP contribution in [-0.4, -0.2) is 17.9 Å². The Morgan fingerprint density at radius 2 is 2.21 bits per heavy atom. The molecule has 2 atom stereocenters. The molecule has 0 aromatic heterocycles. The standard InChI is InChI=1S/C16H25BrO2/c1-11(10-15(18)19-5)6-8-13-12(2)7-9-14(17)16(13,3)4/h10,13-14H,2,6-9H2,1,3-5H3/b11-10+/t13-,14+/m1/s1. The first-order valence-corrected chi connectivity index (χ1v) is 7.77. The average molecular weight is 329 g/mol. The number of allylic oxidation sites excluding steroid dienone is 2. The van der Waals surface area contributed by atoms with Gasteiger partial charge in [0.15, 0.2) is 0 Å². The third-order valence-electron chi connectivity index (χ3n) is 4.31. The number of carbonyl (C=O) groups excluding carboxylic acids is 1. The number of rotatable bonds is 4. The number of esters is 1. The van der Waals surface area contributed by atoms with E-state index in [2.05, 4.69) is 41.1 Å². The van der Waals surface area contributed by atoms with Crippen molar-refractivity contribution >= 4 is 21.9 Å². The molecule has 0 heterocycles. The van der Waals surface area contributed by atoms with Crippen molar-refractivity contribution < 1.29 is 9.53 Å². The highest BCUT2D eigenvalue weighted by Gasteiger charge is 2.40. The second-order valence-corrected chi connectivity index (χ2v) is 7.20. The third-order valence-corrected chi connectivity index (χ3v) is 5.95. The summed E-state index contributed by atoms with van der Waals surface area (Å²) in [6.45, 7) is 10.8. The minimum absolute atomic E-state index is 0.223. The monoisotopic (exact) mass is 328 g/mol. The molecule has 0 aromatic carbocycles. The van der Waals surface area contributed by atoms with E-state index in [0.717, 1.165) is 24.8 Å². The lowest BCUT2D eigenvalue weighted by Crippen LogP contribution is -2.38. The zero-order valence-corrected chi connectivity index (χ0v) is 14.0. The van der Waals surface area contributed by atoms with Crippen molar-refractivity contribution in [2.24, 2.45) is 11.3 Å². The molecular formula is C16H25BrO2. The summed E-state index contributed by atoms with van der Waals surface area (Å²) in [7, 11) is 1.41. The van der Waals surface area contributed by atoms with Crippen molar-refractivity contribution in [3.8, 4) is 0 Å². The summed E-state index contributed by atoms with van der Waals surface area (Å²) in [6.07, 6.45) is 5.82. The summed E-state index contributed by atoms with van der Waals surface area (Å²) in [5.41, 5.74) is 2.65. The minimum atomic E-state index is -0.266. The van der Waals surface area contributed by atoms with E-state index in [1.807, 2.05) is 6.92 Å². The number of methoxy groups -OCH3 is 1. The number of carbonyl (C=O) groups is 1. The van der Waals surface area contributed by atoms with E-state index in [1.165, 1.54) is 19.1 Å². The lowest BCUT2D eigenvalue weighted by atomic mass is 9.65. The number of ether oxygens (including phenoxy) is 1. The second kappa shape index (κ2) is 6.74. The SMILES string of the molecule is C=C1CC[C@H](Br)C(C)(C)[C@@H]1CC/C(C)=C/C(=O)OC. The molecule has 108 valence electrons. The highest BCUT2D eigenvalue weighted by atomic mass is 79.9. The quantitative estimate of drug-likeness (QED) is 0.325. The first kappa shape index (κ1) is 16.5. The Bertz CT molecular complexity index is 382. The Hall–Kier alpha value is -0.570. The molecule has 0 saturated heterocycles. The van der Waals surface area contributed by atoms with Crippen LogP contribution in [0.15, 0.2) is 23.8 Å². The van der Waals surface area contributed by atoms with Crippen LogP contribution in [0.25, 0.3) is 0 Å². The molecule has 0 aliphatic heterocycles. The fourth-order valence-corrected chi connectivity index (χ4v) is 3.43. The molecular weight excluding hydrogens is 304 g/mol. The minimum Gasteiger partial charge on any atom is -0.466 e. The van der Waals surface area contributed by atoms with E-state index < -0.39 is 0 Å². The van der Waals surface area contributed by atoms with Crippen LogP contribution >= 0.6 is 15.9 Å². The topological polar surface area (TPSA) is 26.3 Å². The van der Waals surface area contributed by atoms with Crippen molar-refractivity contribution in [3.63, 3.8) is 0 Å². The normalized spacial score (nSPS) is 27.2. The lowest BCUT2D eigenvalue weighted by Gasteiger charge is -2.44. The van der Waals surface area contributed by atoms with Crippen molar-refractivity contribution in [1.29, 1.82) is 0 Å². The lowest BCUT2D eigenvalue weighted by molar-refractivity contribution is -0.134. The van der Waals surface area contributed by atoms with Crippen molar-refractivity contribution in [2.75, 3.05) is 7.11 Å². The van der Waals surface area contributed by atoms with Crippen LogP contribution in [0.3, 0.4) is 0 Å². The van der Waals surface area contributed by atoms with E-state index in [0.29, 0.717) is 10.7 Å². The molecule has 0 amide bonds. The van der Waals surface area contributed by atoms with E-state index >= 15 is 0 Å². The zero-order valence-electron chi connectivity index (χ0n) is 12.5. The number of halogens is 1. The van der Waals surface area contributed by atoms with Gasteiger partial charge in [-0.1, -0.05) is 47.5 Å². The Balaban J connectivity index is 2.67. The van der Waals surface area contributed by atoms with Gasteiger partial charge < -0.3 is 4.74 Å². The maximum absolute atomic E-state index is 11.2. The van der Waals surface area contributed by atoms with Crippen molar-refractivity contribution in [3.05, 3.63) is 23.8 Å². The Morgan fingerprint density at radius 1 is 1.58 bits per heavy atom. The number of hydrogen-bond acceptors (Lipinski definition) is 2. The summed E-state index contributed by atoms with van der Waals surface area (Å²) < 4.78 is 4.65. The third kappa shape index (κ3) is 4.20. The molecule has 0 radical (unpaired) electrons. The summed E-state index contributed by atoms with van der Waals surface area (Å²) in [5, 5.41) is 0. The maximum atomic E-state index is 11.2. The smallest absolute Gasteiger partial charge is 0.330 e. The molecule has 0 spiro atoms. The molecule has 1 rings (SSSR count). The van der Waals surface area contributed by atoms with Crippen LogP contribution in [0.4, 0.5) is 0 Å². The molecule has 1 saturated carbocycles. The van der Waals surface area contributed by atoms with Gasteiger partial charge in [0.05, 0.1) is 7.11 Å². The molecule has 3 heteroatoms. The van der Waals surface area contributed by atoms with E-state index in [4.69, 9.17) is 0 Å². The molecule has 0 N–H and O–H groups in total. The summed E-state index contributed by atoms with van der Waals surface area (Å²) in [5.74, 6) is 0.240. The molecule has 0 bridgehead atoms. The van der Waals surface area contributed by atoms with Gasteiger partial charge in [0.2, 0.25) is 0 Å². The molecule has 1 aliphatic rings. The van der Waals surface area contributed by atoms with Gasteiger partial charge in [-0.2, -0.15) is 0 Å². The fourth-order valence-electron chi connectivity index (χ4n) is 2.88. The molecule has 0 unspecified atom stereocenters. The van der Waals surface area contributed by atoms with Gasteiger partial charge in [0.25, 0.3) is 0 Å². The Labute approximate surface area is 125 Å². The number of alkyl halides is 1. The first-order chi connectivity index (χ1) is 8.78. The molecule has 19 heavy (non-hydrogen) atoms. The molecule has 1 fully saturated rings. The van der Waals surface area contributed by atoms with Crippen molar-refractivity contribution in [2.45, 2.75) is 51.3 Å². The van der Waals surface area contributed by atoms with Gasteiger partial charge in [0, 0.05) is 10.9 Å². The predicted molar refractivity (Wildman–Crippen MR) is 83.4 cm³/mol. The average Bonchev–Trinajstić information content (AvgIpc) is 2.33. The largest absolute Gasteiger partial charge is 0.466 e. The van der Waals surface area contributed by atoms with Crippen LogP contribution < -0.4 is 0 Å². The highest BCUT2D eigenvalue weighted by Crippen LogP contribution is 2.48. The Morgan fingerprint density at radius 3 is 2.79 bits per heavy atom. The van der Waals surface area contributed by atoms with Gasteiger partial charge in [-0.05, 0) is 43.9 Å². The number of hydrogen-bond donors (Lipinski definition) is 0. The van der Waals surface area contributed by atoms with Crippen LogP contribution in [0.2, 0.25) is 0 Å². The highest BCUT2D eigenvalue weighted by molar-refractivity contribution is 9.09. The van der Waals surface area contributed by atoms with E-state index in [-0.39, 0.29) is 11.4 Å². The van der Waals surface area contributed by atoms with Gasteiger partial charge in [0.1, 0.15) is 0 Å².